The van der Waals surface area contributed by atoms with E-state index in [1.807, 2.05) is 0 Å². The second-order valence-corrected chi connectivity index (χ2v) is 6.55. The summed E-state index contributed by atoms with van der Waals surface area (Å²) in [5, 5.41) is 3.44. The van der Waals surface area contributed by atoms with Crippen molar-refractivity contribution in [2.45, 2.75) is 71.0 Å². The fourth-order valence-corrected chi connectivity index (χ4v) is 3.94. The fourth-order valence-electron chi connectivity index (χ4n) is 3.94. The van der Waals surface area contributed by atoms with Crippen LogP contribution in [0.2, 0.25) is 0 Å². The fraction of sp³-hybridized carbons (Fsp3) is 1.00. The van der Waals surface area contributed by atoms with Crippen molar-refractivity contribution in [1.82, 2.24) is 10.2 Å². The number of nitrogens with zero attached hydrogens (tertiary/aromatic N) is 1. The summed E-state index contributed by atoms with van der Waals surface area (Å²) in [5.41, 5.74) is 0. The molecule has 1 aliphatic carbocycles. The lowest BCUT2D eigenvalue weighted by molar-refractivity contribution is 0.0226. The number of piperidine rings is 1. The number of nitrogens with one attached hydrogen (secondary N) is 1. The highest BCUT2D eigenvalue weighted by atomic mass is 15.2. The van der Waals surface area contributed by atoms with Crippen molar-refractivity contribution in [3.8, 4) is 0 Å². The SMILES string of the molecule is CNC1CCC(N2CC(C)CC(C)C2C)CC1. The molecule has 2 nitrogen and oxygen atoms in total. The van der Waals surface area contributed by atoms with Crippen LogP contribution in [0.25, 0.3) is 0 Å². The van der Waals surface area contributed by atoms with Gasteiger partial charge in [-0.05, 0) is 57.9 Å². The molecule has 1 aliphatic heterocycles. The molecular formula is C15H30N2. The van der Waals surface area contributed by atoms with E-state index >= 15 is 0 Å². The van der Waals surface area contributed by atoms with Crippen LogP contribution in [0.5, 0.6) is 0 Å². The van der Waals surface area contributed by atoms with Gasteiger partial charge in [0, 0.05) is 24.7 Å². The number of rotatable bonds is 2. The van der Waals surface area contributed by atoms with E-state index < -0.39 is 0 Å². The van der Waals surface area contributed by atoms with Crippen molar-refractivity contribution in [1.29, 1.82) is 0 Å². The van der Waals surface area contributed by atoms with E-state index in [1.165, 1.54) is 38.6 Å². The van der Waals surface area contributed by atoms with Crippen molar-refractivity contribution < 1.29 is 0 Å². The maximum atomic E-state index is 3.44. The van der Waals surface area contributed by atoms with Gasteiger partial charge in [-0.15, -0.1) is 0 Å². The van der Waals surface area contributed by atoms with Crippen molar-refractivity contribution in [3.05, 3.63) is 0 Å². The molecule has 1 N–H and O–H groups in total. The smallest absolute Gasteiger partial charge is 0.00994 e. The summed E-state index contributed by atoms with van der Waals surface area (Å²) >= 11 is 0. The topological polar surface area (TPSA) is 15.3 Å². The molecule has 0 aromatic heterocycles. The predicted octanol–water partition coefficient (Wildman–Crippen LogP) is 2.88. The molecule has 17 heavy (non-hydrogen) atoms. The number of likely N-dealkylation sites (tertiary alicyclic amines) is 1. The molecule has 3 atom stereocenters. The second-order valence-electron chi connectivity index (χ2n) is 6.55. The van der Waals surface area contributed by atoms with Gasteiger partial charge < -0.3 is 5.32 Å². The predicted molar refractivity (Wildman–Crippen MR) is 74.2 cm³/mol. The van der Waals surface area contributed by atoms with Gasteiger partial charge >= 0.3 is 0 Å². The first-order valence-corrected chi connectivity index (χ1v) is 7.54. The first kappa shape index (κ1) is 13.4. The minimum atomic E-state index is 0.779. The van der Waals surface area contributed by atoms with Crippen molar-refractivity contribution in [2.75, 3.05) is 13.6 Å². The highest BCUT2D eigenvalue weighted by Gasteiger charge is 2.34. The summed E-state index contributed by atoms with van der Waals surface area (Å²) in [4.78, 5) is 2.82. The Balaban J connectivity index is 1.92. The number of hydrogen-bond donors (Lipinski definition) is 1. The lowest BCUT2D eigenvalue weighted by atomic mass is 9.82. The quantitative estimate of drug-likeness (QED) is 0.796. The molecule has 0 aromatic carbocycles. The van der Waals surface area contributed by atoms with Crippen LogP contribution in [-0.2, 0) is 0 Å². The maximum Gasteiger partial charge on any atom is 0.00994 e. The van der Waals surface area contributed by atoms with Gasteiger partial charge in [-0.25, -0.2) is 0 Å². The van der Waals surface area contributed by atoms with E-state index in [9.17, 15) is 0 Å². The molecule has 1 saturated carbocycles. The Kier molecular flexibility index (Phi) is 4.48. The lowest BCUT2D eigenvalue weighted by Gasteiger charge is -2.47. The summed E-state index contributed by atoms with van der Waals surface area (Å²) in [6.07, 6.45) is 6.95. The zero-order chi connectivity index (χ0) is 12.4. The molecule has 2 heteroatoms. The van der Waals surface area contributed by atoms with Gasteiger partial charge in [-0.2, -0.15) is 0 Å². The normalized spacial score (nSPS) is 44.8. The van der Waals surface area contributed by atoms with E-state index in [2.05, 4.69) is 38.0 Å². The van der Waals surface area contributed by atoms with E-state index in [0.717, 1.165) is 30.0 Å². The zero-order valence-corrected chi connectivity index (χ0v) is 12.1. The molecule has 2 rings (SSSR count). The molecular weight excluding hydrogens is 208 g/mol. The van der Waals surface area contributed by atoms with E-state index in [-0.39, 0.29) is 0 Å². The zero-order valence-electron chi connectivity index (χ0n) is 12.1. The minimum absolute atomic E-state index is 0.779. The molecule has 3 unspecified atom stereocenters. The van der Waals surface area contributed by atoms with E-state index in [4.69, 9.17) is 0 Å². The van der Waals surface area contributed by atoms with Crippen molar-refractivity contribution in [2.24, 2.45) is 11.8 Å². The molecule has 100 valence electrons. The Morgan fingerprint density at radius 2 is 1.65 bits per heavy atom. The van der Waals surface area contributed by atoms with Crippen LogP contribution in [0.15, 0.2) is 0 Å². The Morgan fingerprint density at radius 1 is 1.00 bits per heavy atom. The van der Waals surface area contributed by atoms with Crippen LogP contribution in [0.4, 0.5) is 0 Å². The van der Waals surface area contributed by atoms with Gasteiger partial charge in [0.25, 0.3) is 0 Å². The summed E-state index contributed by atoms with van der Waals surface area (Å²) in [6.45, 7) is 8.64. The van der Waals surface area contributed by atoms with Gasteiger partial charge in [0.15, 0.2) is 0 Å². The Morgan fingerprint density at radius 3 is 2.24 bits per heavy atom. The Labute approximate surface area is 107 Å². The van der Waals surface area contributed by atoms with Gasteiger partial charge in [0.1, 0.15) is 0 Å². The minimum Gasteiger partial charge on any atom is -0.317 e. The molecule has 2 fully saturated rings. The van der Waals surface area contributed by atoms with Crippen LogP contribution in [0.1, 0.15) is 52.9 Å². The molecule has 0 radical (unpaired) electrons. The van der Waals surface area contributed by atoms with E-state index in [0.29, 0.717) is 0 Å². The highest BCUT2D eigenvalue weighted by molar-refractivity contribution is 4.89. The van der Waals surface area contributed by atoms with Gasteiger partial charge in [0.05, 0.1) is 0 Å². The van der Waals surface area contributed by atoms with Gasteiger partial charge in [0.2, 0.25) is 0 Å². The van der Waals surface area contributed by atoms with Crippen LogP contribution < -0.4 is 5.32 Å². The molecule has 0 bridgehead atoms. The monoisotopic (exact) mass is 238 g/mol. The maximum absolute atomic E-state index is 3.44. The van der Waals surface area contributed by atoms with Crippen LogP contribution in [0, 0.1) is 11.8 Å². The highest BCUT2D eigenvalue weighted by Crippen LogP contribution is 2.33. The van der Waals surface area contributed by atoms with Crippen LogP contribution in [-0.4, -0.2) is 36.6 Å². The summed E-state index contributed by atoms with van der Waals surface area (Å²) in [5.74, 6) is 1.77. The molecule has 1 saturated heterocycles. The summed E-state index contributed by atoms with van der Waals surface area (Å²) in [6, 6.07) is 2.43. The summed E-state index contributed by atoms with van der Waals surface area (Å²) < 4.78 is 0. The molecule has 1 heterocycles. The average molecular weight is 238 g/mol. The third kappa shape index (κ3) is 3.03. The van der Waals surface area contributed by atoms with Gasteiger partial charge in [-0.1, -0.05) is 13.8 Å². The lowest BCUT2D eigenvalue weighted by Crippen LogP contribution is -2.52. The Hall–Kier alpha value is -0.0800. The first-order chi connectivity index (χ1) is 8.11. The van der Waals surface area contributed by atoms with Crippen molar-refractivity contribution in [3.63, 3.8) is 0 Å². The molecule has 0 amide bonds. The number of hydrogen-bond acceptors (Lipinski definition) is 2. The second kappa shape index (κ2) is 5.71. The first-order valence-electron chi connectivity index (χ1n) is 7.54. The van der Waals surface area contributed by atoms with Crippen molar-refractivity contribution >= 4 is 0 Å². The Bertz CT molecular complexity index is 233. The summed E-state index contributed by atoms with van der Waals surface area (Å²) in [7, 11) is 2.11. The van der Waals surface area contributed by atoms with E-state index in [1.54, 1.807) is 0 Å². The standard InChI is InChI=1S/C15H30N2/c1-11-9-12(2)13(3)17(10-11)15-7-5-14(16-4)6-8-15/h11-16H,5-10H2,1-4H3. The molecule has 0 aromatic rings. The third-order valence-electron chi connectivity index (χ3n) is 5.22. The van der Waals surface area contributed by atoms with Crippen LogP contribution >= 0.6 is 0 Å². The average Bonchev–Trinajstić information content (AvgIpc) is 2.34. The largest absolute Gasteiger partial charge is 0.317 e. The van der Waals surface area contributed by atoms with Crippen LogP contribution in [0.3, 0.4) is 0 Å². The molecule has 2 aliphatic rings. The van der Waals surface area contributed by atoms with Gasteiger partial charge in [-0.3, -0.25) is 4.90 Å². The third-order valence-corrected chi connectivity index (χ3v) is 5.22. The molecule has 0 spiro atoms.